The molecule has 0 spiro atoms. The van der Waals surface area contributed by atoms with Crippen molar-refractivity contribution in [1.29, 1.82) is 0 Å². The van der Waals surface area contributed by atoms with Gasteiger partial charge in [-0.3, -0.25) is 0 Å². The fourth-order valence-electron chi connectivity index (χ4n) is 8.87. The predicted octanol–water partition coefficient (Wildman–Crippen LogP) is 16.4. The normalized spacial score (nSPS) is 12.1. The van der Waals surface area contributed by atoms with Gasteiger partial charge in [-0.05, 0) is 148 Å². The van der Waals surface area contributed by atoms with Crippen molar-refractivity contribution in [1.82, 2.24) is 15.0 Å². The molecule has 2 aliphatic heterocycles. The van der Waals surface area contributed by atoms with Crippen molar-refractivity contribution in [3.05, 3.63) is 174 Å². The minimum atomic E-state index is -1.96. The average molecular weight is 972 g/mol. The largest absolute Gasteiger partial charge is 0.354 e. The van der Waals surface area contributed by atoms with Crippen molar-refractivity contribution >= 4 is 43.4 Å². The Morgan fingerprint density at radius 2 is 0.786 bits per heavy atom. The van der Waals surface area contributed by atoms with Crippen molar-refractivity contribution in [2.45, 2.75) is 75.0 Å². The summed E-state index contributed by atoms with van der Waals surface area (Å²) in [6.45, 7) is 17.6. The van der Waals surface area contributed by atoms with Crippen LogP contribution < -0.4 is 0 Å². The first-order valence-corrected chi connectivity index (χ1v) is 25.8. The summed E-state index contributed by atoms with van der Waals surface area (Å²) in [5.41, 5.74) is 4.28. The first kappa shape index (κ1) is 49.3. The molecule has 0 unspecified atom stereocenters. The zero-order chi connectivity index (χ0) is 51.0. The van der Waals surface area contributed by atoms with E-state index in [2.05, 4.69) is 36.1 Å². The average Bonchev–Trinajstić information content (AvgIpc) is 4.13. The van der Waals surface area contributed by atoms with Gasteiger partial charge < -0.3 is 4.98 Å². The van der Waals surface area contributed by atoms with Crippen LogP contribution >= 0.6 is 0 Å². The van der Waals surface area contributed by atoms with Gasteiger partial charge in [0.2, 0.25) is 0 Å². The van der Waals surface area contributed by atoms with Crippen LogP contribution in [0.3, 0.4) is 0 Å². The number of H-pyrrole nitrogens is 1. The standard InChI is InChI=1S/C57H46F9N3Si/c1-26-12-13-27(2)43(45-31(6)53(62)54(63)32(7)49(45)58)37-19-21-40(68-37)47(48-50(59)33(8)55(64)57(66)56(48)65)41-23-22-39(69-41)46(44-28(3)29(4)51(60)52(61)30(44)5)38-20-18-36(67-38)42(26)35-16-14-34(15-17-35)24-25-70(9,10)11/h12-23,69H,1-11H3. The molecule has 4 heterocycles. The number of aromatic nitrogens is 3. The second kappa shape index (κ2) is 18.3. The molecule has 6 bridgehead atoms. The monoisotopic (exact) mass is 971 g/mol. The van der Waals surface area contributed by atoms with Crippen LogP contribution in [-0.4, -0.2) is 23.0 Å². The van der Waals surface area contributed by atoms with Gasteiger partial charge in [0.15, 0.2) is 40.7 Å². The van der Waals surface area contributed by atoms with Crippen molar-refractivity contribution in [3.63, 3.8) is 0 Å². The highest BCUT2D eigenvalue weighted by Gasteiger charge is 2.30. The number of halogens is 9. The highest BCUT2D eigenvalue weighted by atomic mass is 28.3. The smallest absolute Gasteiger partial charge is 0.195 e. The Bertz CT molecular complexity index is 3520. The molecule has 2 aliphatic rings. The molecule has 356 valence electrons. The summed E-state index contributed by atoms with van der Waals surface area (Å²) in [6.07, 6.45) is 6.16. The Hall–Kier alpha value is -7.17. The minimum Gasteiger partial charge on any atom is -0.354 e. The van der Waals surface area contributed by atoms with Gasteiger partial charge in [-0.25, -0.2) is 49.5 Å². The molecule has 8 rings (SSSR count). The predicted molar refractivity (Wildman–Crippen MR) is 265 cm³/mol. The summed E-state index contributed by atoms with van der Waals surface area (Å²) < 4.78 is 142. The van der Waals surface area contributed by atoms with Crippen LogP contribution in [0.1, 0.15) is 72.8 Å². The second-order valence-corrected chi connectivity index (χ2v) is 23.4. The van der Waals surface area contributed by atoms with Crippen LogP contribution in [0.25, 0.3) is 79.8 Å². The highest BCUT2D eigenvalue weighted by Crippen LogP contribution is 2.43. The third-order valence-electron chi connectivity index (χ3n) is 12.8. The van der Waals surface area contributed by atoms with Crippen molar-refractivity contribution < 1.29 is 39.5 Å². The van der Waals surface area contributed by atoms with Crippen LogP contribution in [0.4, 0.5) is 39.5 Å². The molecule has 0 saturated heterocycles. The molecular formula is C57H46F9N3Si. The minimum absolute atomic E-state index is 0.0126. The van der Waals surface area contributed by atoms with Gasteiger partial charge in [-0.2, -0.15) is 0 Å². The van der Waals surface area contributed by atoms with Gasteiger partial charge in [0.05, 0.1) is 28.3 Å². The molecular weight excluding hydrogens is 926 g/mol. The Kier molecular flexibility index (Phi) is 12.9. The Morgan fingerprint density at radius 3 is 1.31 bits per heavy atom. The van der Waals surface area contributed by atoms with Crippen LogP contribution in [0.5, 0.6) is 0 Å². The molecule has 4 aromatic carbocycles. The number of aryl methyl sites for hydroxylation is 2. The lowest BCUT2D eigenvalue weighted by Crippen LogP contribution is -2.16. The van der Waals surface area contributed by atoms with Crippen LogP contribution in [0.2, 0.25) is 19.6 Å². The molecule has 0 amide bonds. The quantitative estimate of drug-likeness (QED) is 0.0628. The molecule has 70 heavy (non-hydrogen) atoms. The van der Waals surface area contributed by atoms with E-state index in [0.29, 0.717) is 27.9 Å². The third kappa shape index (κ3) is 8.42. The molecule has 0 radical (unpaired) electrons. The van der Waals surface area contributed by atoms with Crippen LogP contribution in [0.15, 0.2) is 48.5 Å². The molecule has 0 fully saturated rings. The second-order valence-electron chi connectivity index (χ2n) is 18.7. The van der Waals surface area contributed by atoms with E-state index in [9.17, 15) is 4.39 Å². The van der Waals surface area contributed by atoms with E-state index < -0.39 is 82.7 Å². The SMILES string of the molecule is Cc1ccc(C)c(-c2c(C)c(F)c(F)c(C)c2F)c2nc(c(-c3c(F)c(C)c(F)c(F)c3F)c3ccc([nH]3)c(-c3c(C)c(C)c(F)c(F)c3C)c3nc(c1-c1ccc(C#C[Si](C)(C)C)cc1)C=C3)C=C2. The number of hydrogen-bond acceptors (Lipinski definition) is 2. The Balaban J connectivity index is 1.64. The molecule has 6 aromatic rings. The number of nitrogens with one attached hydrogen (secondary N) is 1. The van der Waals surface area contributed by atoms with E-state index in [1.165, 1.54) is 45.1 Å². The number of benzene rings is 4. The number of hydrogen-bond donors (Lipinski definition) is 1. The van der Waals surface area contributed by atoms with Gasteiger partial charge in [0, 0.05) is 55.5 Å². The fraction of sp³-hybridized carbons (Fsp3) is 0.193. The third-order valence-corrected chi connectivity index (χ3v) is 13.7. The van der Waals surface area contributed by atoms with E-state index in [1.807, 2.05) is 31.2 Å². The highest BCUT2D eigenvalue weighted by molar-refractivity contribution is 6.83. The fourth-order valence-corrected chi connectivity index (χ4v) is 9.39. The Morgan fingerprint density at radius 1 is 0.371 bits per heavy atom. The number of aromatic amines is 1. The van der Waals surface area contributed by atoms with E-state index in [4.69, 9.17) is 9.97 Å². The Labute approximate surface area is 401 Å². The summed E-state index contributed by atoms with van der Waals surface area (Å²) in [4.78, 5) is 13.1. The van der Waals surface area contributed by atoms with Crippen LogP contribution in [0, 0.1) is 119 Å². The lowest BCUT2D eigenvalue weighted by atomic mass is 9.90. The first-order chi connectivity index (χ1) is 32.9. The summed E-state index contributed by atoms with van der Waals surface area (Å²) in [6, 6.07) is 13.9. The molecule has 2 aromatic heterocycles. The topological polar surface area (TPSA) is 41.6 Å². The van der Waals surface area contributed by atoms with Crippen LogP contribution in [-0.2, 0) is 0 Å². The zero-order valence-corrected chi connectivity index (χ0v) is 41.2. The lowest BCUT2D eigenvalue weighted by Gasteiger charge is -2.16. The molecule has 0 aliphatic carbocycles. The molecule has 3 nitrogen and oxygen atoms in total. The van der Waals surface area contributed by atoms with Gasteiger partial charge in [0.25, 0.3) is 0 Å². The van der Waals surface area contributed by atoms with Crippen molar-refractivity contribution in [2.75, 3.05) is 0 Å². The molecule has 1 N–H and O–H groups in total. The summed E-state index contributed by atoms with van der Waals surface area (Å²) >= 11 is 0. The van der Waals surface area contributed by atoms with Crippen molar-refractivity contribution in [3.8, 4) is 56.0 Å². The zero-order valence-electron chi connectivity index (χ0n) is 40.2. The molecule has 0 atom stereocenters. The maximum absolute atomic E-state index is 16.6. The van der Waals surface area contributed by atoms with E-state index in [0.717, 1.165) is 25.0 Å². The molecule has 0 saturated carbocycles. The first-order valence-electron chi connectivity index (χ1n) is 22.3. The van der Waals surface area contributed by atoms with Gasteiger partial charge in [0.1, 0.15) is 19.7 Å². The number of nitrogens with zero attached hydrogens (tertiary/aromatic N) is 2. The number of rotatable bonds is 4. The van der Waals surface area contributed by atoms with Gasteiger partial charge >= 0.3 is 0 Å². The maximum Gasteiger partial charge on any atom is 0.195 e. The van der Waals surface area contributed by atoms with E-state index in [-0.39, 0.29) is 67.1 Å². The molecule has 13 heteroatoms. The van der Waals surface area contributed by atoms with Gasteiger partial charge in [-0.1, -0.05) is 49.8 Å². The maximum atomic E-state index is 16.6. The lowest BCUT2D eigenvalue weighted by molar-refractivity contribution is 0.431. The van der Waals surface area contributed by atoms with E-state index >= 15 is 35.1 Å². The number of fused-ring (bicyclic) bond motifs is 6. The summed E-state index contributed by atoms with van der Waals surface area (Å²) in [5.74, 6) is -9.68. The van der Waals surface area contributed by atoms with Crippen molar-refractivity contribution in [2.24, 2.45) is 0 Å². The summed E-state index contributed by atoms with van der Waals surface area (Å²) in [5, 5.41) is 0. The summed E-state index contributed by atoms with van der Waals surface area (Å²) in [7, 11) is -1.72. The van der Waals surface area contributed by atoms with Gasteiger partial charge in [-0.15, -0.1) is 5.54 Å². The van der Waals surface area contributed by atoms with E-state index in [1.54, 1.807) is 38.1 Å².